The van der Waals surface area contributed by atoms with Gasteiger partial charge in [-0.1, -0.05) is 90.1 Å². The second-order valence-electron chi connectivity index (χ2n) is 9.38. The van der Waals surface area contributed by atoms with Gasteiger partial charge in [-0.25, -0.2) is 0 Å². The molecule has 4 aromatic rings. The largest absolute Gasteiger partial charge is 2.00 e. The molecule has 0 atom stereocenters. The smallest absolute Gasteiger partial charge is 0.411 e. The zero-order valence-corrected chi connectivity index (χ0v) is 41.3. The maximum absolute atomic E-state index is 4.94. The Morgan fingerprint density at radius 1 is 0.360 bits per heavy atom. The van der Waals surface area contributed by atoms with Gasteiger partial charge in [-0.05, 0) is 76.2 Å². The van der Waals surface area contributed by atoms with Crippen molar-refractivity contribution in [3.05, 3.63) is 121 Å². The third kappa shape index (κ3) is 19.4. The Balaban J connectivity index is 0. The van der Waals surface area contributed by atoms with Crippen molar-refractivity contribution in [1.29, 1.82) is 0 Å². The van der Waals surface area contributed by atoms with Gasteiger partial charge in [0.15, 0.2) is 0 Å². The van der Waals surface area contributed by atoms with Crippen LogP contribution in [0, 0.1) is 0 Å². The quantitative estimate of drug-likeness (QED) is 0.0951. The fourth-order valence-corrected chi connectivity index (χ4v) is 5.98. The van der Waals surface area contributed by atoms with Gasteiger partial charge in [0.2, 0.25) is 0 Å². The van der Waals surface area contributed by atoms with Crippen molar-refractivity contribution in [3.8, 4) is 0 Å². The Hall–Kier alpha value is -1.43. The fourth-order valence-electron chi connectivity index (χ4n) is 4.10. The van der Waals surface area contributed by atoms with Crippen LogP contribution in [0.15, 0.2) is 121 Å². The molecule has 0 saturated heterocycles. The number of thiocarbonyl (C=S) groups is 4. The van der Waals surface area contributed by atoms with Gasteiger partial charge < -0.3 is 119 Å². The Bertz CT molecular complexity index is 1280. The summed E-state index contributed by atoms with van der Waals surface area (Å²) in [5.74, 6) is 0. The molecule has 0 aromatic heterocycles. The fraction of sp³-hybridized carbons (Fsp3) is 0.222. The molecule has 0 aliphatic heterocycles. The monoisotopic (exact) mass is 912 g/mol. The van der Waals surface area contributed by atoms with Gasteiger partial charge in [0.25, 0.3) is 0 Å². The van der Waals surface area contributed by atoms with Crippen molar-refractivity contribution < 1.29 is 39.0 Å². The summed E-state index contributed by atoms with van der Waals surface area (Å²) in [6.07, 6.45) is 0. The average molecular weight is 916 g/mol. The second-order valence-corrected chi connectivity index (χ2v) is 13.5. The van der Waals surface area contributed by atoms with Crippen LogP contribution in [0.1, 0.15) is 27.7 Å². The van der Waals surface area contributed by atoms with Crippen LogP contribution < -0.4 is 19.6 Å². The van der Waals surface area contributed by atoms with E-state index < -0.39 is 0 Å². The van der Waals surface area contributed by atoms with Crippen LogP contribution in [0.3, 0.4) is 0 Å². The molecule has 0 bridgehead atoms. The molecule has 0 amide bonds. The van der Waals surface area contributed by atoms with Crippen molar-refractivity contribution in [2.24, 2.45) is 0 Å². The van der Waals surface area contributed by atoms with Crippen LogP contribution in [0.25, 0.3) is 0 Å². The van der Waals surface area contributed by atoms with Crippen LogP contribution in [-0.4, -0.2) is 43.5 Å². The summed E-state index contributed by atoms with van der Waals surface area (Å²) in [6.45, 7) is 11.4. The van der Waals surface area contributed by atoms with Crippen LogP contribution in [-0.2, 0) is 89.5 Å². The standard InChI is InChI=1S/4C9H11NS2.2Zn/c4*1-2-10(9(11)12)8-6-4-3-5-7-8;;/h4*3-7H,2H2,1H3,(H,11,12);;/q;;;;2*+2/p-4. The Kier molecular flexibility index (Phi) is 30.5. The number of rotatable bonds is 8. The molecule has 256 valence electrons. The number of hydrogen-bond acceptors (Lipinski definition) is 8. The number of hydrogen-bond donors (Lipinski definition) is 0. The predicted molar refractivity (Wildman–Crippen MR) is 238 cm³/mol. The maximum Gasteiger partial charge on any atom is 2.00 e. The van der Waals surface area contributed by atoms with Crippen LogP contribution in [0.5, 0.6) is 0 Å². The van der Waals surface area contributed by atoms with Gasteiger partial charge in [0.05, 0.1) is 0 Å². The summed E-state index contributed by atoms with van der Waals surface area (Å²) in [5.41, 5.74) is 4.28. The van der Waals surface area contributed by atoms with Crippen LogP contribution in [0.2, 0.25) is 0 Å². The number of nitrogens with zero attached hydrogens (tertiary/aromatic N) is 4. The van der Waals surface area contributed by atoms with E-state index in [-0.39, 0.29) is 39.0 Å². The number of benzene rings is 4. The minimum atomic E-state index is 0. The molecule has 14 heteroatoms. The van der Waals surface area contributed by atoms with Gasteiger partial charge in [-0.3, -0.25) is 0 Å². The zero-order chi connectivity index (χ0) is 35.9. The molecular weight excluding hydrogens is 876 g/mol. The summed E-state index contributed by atoms with van der Waals surface area (Å²) >= 11 is 39.5. The molecule has 0 radical (unpaired) electrons. The third-order valence-corrected chi connectivity index (χ3v) is 8.18. The van der Waals surface area contributed by atoms with E-state index in [1.807, 2.05) is 169 Å². The third-order valence-electron chi connectivity index (χ3n) is 6.42. The van der Waals surface area contributed by atoms with Gasteiger partial charge in [-0.2, -0.15) is 0 Å². The Labute approximate surface area is 369 Å². The molecular formula is C36H40N4S8Zn2. The minimum absolute atomic E-state index is 0. The summed E-state index contributed by atoms with van der Waals surface area (Å²) in [4.78, 5) is 7.69. The Morgan fingerprint density at radius 2 is 0.500 bits per heavy atom. The van der Waals surface area contributed by atoms with Crippen molar-refractivity contribution in [2.75, 3.05) is 45.8 Å². The molecule has 0 aliphatic carbocycles. The van der Waals surface area contributed by atoms with E-state index in [0.717, 1.165) is 48.9 Å². The van der Waals surface area contributed by atoms with Gasteiger partial charge in [0, 0.05) is 48.9 Å². The van der Waals surface area contributed by atoms with E-state index in [1.54, 1.807) is 0 Å². The SMILES string of the molecule is CCN(C(=S)[S-])c1ccccc1.CCN(C(=S)[S-])c1ccccc1.CCN(C(=S)[S-])c1ccccc1.CCN(C(=S)[S-])c1ccccc1.[Zn+2].[Zn+2]. The number of para-hydroxylation sites is 4. The Morgan fingerprint density at radius 3 is 0.600 bits per heavy atom. The first-order valence-electron chi connectivity index (χ1n) is 15.2. The first-order chi connectivity index (χ1) is 23.0. The molecule has 4 nitrogen and oxygen atoms in total. The average Bonchev–Trinajstić information content (AvgIpc) is 3.08. The van der Waals surface area contributed by atoms with Crippen LogP contribution >= 0.6 is 48.9 Å². The minimum Gasteiger partial charge on any atom is -0.411 e. The molecule has 0 aliphatic rings. The summed E-state index contributed by atoms with van der Waals surface area (Å²) < 4.78 is 2.01. The van der Waals surface area contributed by atoms with E-state index in [1.165, 1.54) is 0 Å². The van der Waals surface area contributed by atoms with Crippen molar-refractivity contribution in [1.82, 2.24) is 0 Å². The van der Waals surface area contributed by atoms with E-state index >= 15 is 0 Å². The molecule has 0 N–H and O–H groups in total. The zero-order valence-electron chi connectivity index (χ0n) is 28.8. The van der Waals surface area contributed by atoms with Crippen molar-refractivity contribution >= 4 is 139 Å². The molecule has 0 heterocycles. The van der Waals surface area contributed by atoms with E-state index in [4.69, 9.17) is 99.4 Å². The first-order valence-corrected chi connectivity index (χ1v) is 18.4. The normalized spacial score (nSPS) is 9.04. The second kappa shape index (κ2) is 30.1. The molecule has 50 heavy (non-hydrogen) atoms. The summed E-state index contributed by atoms with van der Waals surface area (Å²) in [6, 6.07) is 39.7. The van der Waals surface area contributed by atoms with E-state index in [2.05, 4.69) is 0 Å². The topological polar surface area (TPSA) is 13.0 Å². The van der Waals surface area contributed by atoms with Crippen LogP contribution in [0.4, 0.5) is 22.7 Å². The molecule has 0 unspecified atom stereocenters. The van der Waals surface area contributed by atoms with E-state index in [0.29, 0.717) is 17.3 Å². The summed E-state index contributed by atoms with van der Waals surface area (Å²) in [5, 5.41) is 0. The molecule has 4 rings (SSSR count). The van der Waals surface area contributed by atoms with Gasteiger partial charge >= 0.3 is 39.0 Å². The van der Waals surface area contributed by atoms with Crippen molar-refractivity contribution in [3.63, 3.8) is 0 Å². The molecule has 4 aromatic carbocycles. The van der Waals surface area contributed by atoms with E-state index in [9.17, 15) is 0 Å². The first kappa shape index (κ1) is 50.7. The molecule has 0 saturated carbocycles. The van der Waals surface area contributed by atoms with Crippen molar-refractivity contribution in [2.45, 2.75) is 27.7 Å². The number of anilines is 4. The maximum atomic E-state index is 4.94. The predicted octanol–water partition coefficient (Wildman–Crippen LogP) is 9.37. The van der Waals surface area contributed by atoms with Gasteiger partial charge in [0.1, 0.15) is 0 Å². The molecule has 0 fully saturated rings. The van der Waals surface area contributed by atoms with Gasteiger partial charge in [-0.15, -0.1) is 0 Å². The molecule has 0 spiro atoms. The summed E-state index contributed by atoms with van der Waals surface area (Å²) in [7, 11) is 0.